The van der Waals surface area contributed by atoms with Crippen molar-refractivity contribution in [1.29, 1.82) is 0 Å². The van der Waals surface area contributed by atoms with E-state index < -0.39 is 5.60 Å². The van der Waals surface area contributed by atoms with Crippen molar-refractivity contribution in [3.8, 4) is 0 Å². The summed E-state index contributed by atoms with van der Waals surface area (Å²) in [5.41, 5.74) is -0.445. The number of aliphatic hydroxyl groups is 1. The number of hydrogen-bond donors (Lipinski definition) is 2. The fourth-order valence-electron chi connectivity index (χ4n) is 2.97. The van der Waals surface area contributed by atoms with E-state index in [1.807, 2.05) is 16.7 Å². The van der Waals surface area contributed by atoms with Crippen molar-refractivity contribution < 1.29 is 9.90 Å². The highest BCUT2D eigenvalue weighted by Gasteiger charge is 2.33. The SMILES string of the molecule is CC(C)(C)CC(=O)N1CCC(NCC2(O)CCSC2)CC1. The van der Waals surface area contributed by atoms with E-state index in [1.165, 1.54) is 0 Å². The van der Waals surface area contributed by atoms with Gasteiger partial charge in [0.25, 0.3) is 0 Å². The van der Waals surface area contributed by atoms with Gasteiger partial charge in [0.05, 0.1) is 5.60 Å². The molecule has 2 saturated heterocycles. The molecule has 0 aromatic rings. The minimum Gasteiger partial charge on any atom is -0.388 e. The fourth-order valence-corrected chi connectivity index (χ4v) is 4.26. The van der Waals surface area contributed by atoms with Gasteiger partial charge in [0.1, 0.15) is 0 Å². The van der Waals surface area contributed by atoms with Crippen LogP contribution in [0.3, 0.4) is 0 Å². The molecule has 2 rings (SSSR count). The molecule has 2 heterocycles. The van der Waals surface area contributed by atoms with Crippen LogP contribution in [0.1, 0.15) is 46.5 Å². The number of carbonyl (C=O) groups is 1. The van der Waals surface area contributed by atoms with Gasteiger partial charge in [0.2, 0.25) is 5.91 Å². The molecule has 0 aromatic carbocycles. The molecule has 5 heteroatoms. The number of piperidine rings is 1. The molecule has 2 aliphatic heterocycles. The normalized spacial score (nSPS) is 28.1. The summed E-state index contributed by atoms with van der Waals surface area (Å²) in [6.45, 7) is 8.72. The van der Waals surface area contributed by atoms with Gasteiger partial charge in [0.15, 0.2) is 0 Å². The summed E-state index contributed by atoms with van der Waals surface area (Å²) in [5.74, 6) is 2.20. The summed E-state index contributed by atoms with van der Waals surface area (Å²) in [7, 11) is 0. The predicted molar refractivity (Wildman–Crippen MR) is 88.6 cm³/mol. The molecule has 0 aliphatic carbocycles. The lowest BCUT2D eigenvalue weighted by Crippen LogP contribution is -2.50. The van der Waals surface area contributed by atoms with Crippen molar-refractivity contribution in [2.45, 2.75) is 58.1 Å². The Bertz CT molecular complexity index is 354. The highest BCUT2D eigenvalue weighted by atomic mass is 32.2. The monoisotopic (exact) mass is 314 g/mol. The van der Waals surface area contributed by atoms with E-state index >= 15 is 0 Å². The summed E-state index contributed by atoms with van der Waals surface area (Å²) in [6, 6.07) is 0.443. The van der Waals surface area contributed by atoms with Crippen LogP contribution in [0.25, 0.3) is 0 Å². The Labute approximate surface area is 133 Å². The maximum atomic E-state index is 12.2. The molecule has 0 saturated carbocycles. The van der Waals surface area contributed by atoms with Crippen LogP contribution >= 0.6 is 11.8 Å². The van der Waals surface area contributed by atoms with Crippen LogP contribution in [-0.4, -0.2) is 58.7 Å². The number of hydrogen-bond acceptors (Lipinski definition) is 4. The molecule has 2 N–H and O–H groups in total. The molecular formula is C16H30N2O2S. The van der Waals surface area contributed by atoms with E-state index in [-0.39, 0.29) is 11.3 Å². The van der Waals surface area contributed by atoms with E-state index in [0.29, 0.717) is 19.0 Å². The number of likely N-dealkylation sites (tertiary alicyclic amines) is 1. The minimum absolute atomic E-state index is 0.0651. The highest BCUT2D eigenvalue weighted by Crippen LogP contribution is 2.27. The summed E-state index contributed by atoms with van der Waals surface area (Å²) in [6.07, 6.45) is 3.52. The van der Waals surface area contributed by atoms with Gasteiger partial charge in [-0.3, -0.25) is 4.79 Å². The van der Waals surface area contributed by atoms with Gasteiger partial charge >= 0.3 is 0 Å². The average molecular weight is 314 g/mol. The van der Waals surface area contributed by atoms with E-state index in [4.69, 9.17) is 0 Å². The summed E-state index contributed by atoms with van der Waals surface area (Å²) >= 11 is 1.83. The Morgan fingerprint density at radius 1 is 1.38 bits per heavy atom. The molecular weight excluding hydrogens is 284 g/mol. The zero-order valence-electron chi connectivity index (χ0n) is 13.7. The third-order valence-electron chi connectivity index (χ3n) is 4.33. The van der Waals surface area contributed by atoms with Crippen LogP contribution < -0.4 is 5.32 Å². The molecule has 0 bridgehead atoms. The van der Waals surface area contributed by atoms with Gasteiger partial charge in [-0.2, -0.15) is 11.8 Å². The van der Waals surface area contributed by atoms with Crippen LogP contribution in [-0.2, 0) is 4.79 Å². The summed E-state index contributed by atoms with van der Waals surface area (Å²) < 4.78 is 0. The average Bonchev–Trinajstić information content (AvgIpc) is 2.82. The van der Waals surface area contributed by atoms with Crippen LogP contribution in [0.4, 0.5) is 0 Å². The second-order valence-corrected chi connectivity index (χ2v) is 8.91. The van der Waals surface area contributed by atoms with E-state index in [1.54, 1.807) is 0 Å². The predicted octanol–water partition coefficient (Wildman–Crippen LogP) is 1.87. The number of nitrogens with zero attached hydrogens (tertiary/aromatic N) is 1. The van der Waals surface area contributed by atoms with Crippen molar-refractivity contribution in [3.63, 3.8) is 0 Å². The molecule has 122 valence electrons. The lowest BCUT2D eigenvalue weighted by Gasteiger charge is -2.35. The number of thioether (sulfide) groups is 1. The Morgan fingerprint density at radius 2 is 2.05 bits per heavy atom. The lowest BCUT2D eigenvalue weighted by atomic mass is 9.91. The molecule has 0 aromatic heterocycles. The topological polar surface area (TPSA) is 52.6 Å². The van der Waals surface area contributed by atoms with Gasteiger partial charge in [-0.1, -0.05) is 20.8 Å². The molecule has 0 spiro atoms. The van der Waals surface area contributed by atoms with Crippen molar-refractivity contribution in [1.82, 2.24) is 10.2 Å². The minimum atomic E-state index is -0.510. The summed E-state index contributed by atoms with van der Waals surface area (Å²) in [5, 5.41) is 13.9. The van der Waals surface area contributed by atoms with Crippen LogP contribution in [0.15, 0.2) is 0 Å². The lowest BCUT2D eigenvalue weighted by molar-refractivity contribution is -0.134. The molecule has 4 nitrogen and oxygen atoms in total. The molecule has 2 aliphatic rings. The molecule has 0 radical (unpaired) electrons. The largest absolute Gasteiger partial charge is 0.388 e. The zero-order chi connectivity index (χ0) is 15.5. The van der Waals surface area contributed by atoms with Crippen molar-refractivity contribution in [2.75, 3.05) is 31.1 Å². The van der Waals surface area contributed by atoms with E-state index in [9.17, 15) is 9.90 Å². The van der Waals surface area contributed by atoms with Gasteiger partial charge in [-0.05, 0) is 30.4 Å². The van der Waals surface area contributed by atoms with E-state index in [0.717, 1.165) is 43.9 Å². The molecule has 1 atom stereocenters. The first-order chi connectivity index (χ1) is 9.77. The van der Waals surface area contributed by atoms with Gasteiger partial charge in [-0.15, -0.1) is 0 Å². The Hall–Kier alpha value is -0.260. The molecule has 2 fully saturated rings. The number of rotatable bonds is 4. The van der Waals surface area contributed by atoms with Crippen LogP contribution in [0.5, 0.6) is 0 Å². The zero-order valence-corrected chi connectivity index (χ0v) is 14.5. The highest BCUT2D eigenvalue weighted by molar-refractivity contribution is 7.99. The maximum absolute atomic E-state index is 12.2. The van der Waals surface area contributed by atoms with Crippen molar-refractivity contribution >= 4 is 17.7 Å². The van der Waals surface area contributed by atoms with E-state index in [2.05, 4.69) is 26.1 Å². The first-order valence-corrected chi connectivity index (χ1v) is 9.24. The molecule has 21 heavy (non-hydrogen) atoms. The molecule has 1 amide bonds. The van der Waals surface area contributed by atoms with Gasteiger partial charge in [0, 0.05) is 37.8 Å². The number of carbonyl (C=O) groups excluding carboxylic acids is 1. The van der Waals surface area contributed by atoms with Crippen LogP contribution in [0, 0.1) is 5.41 Å². The second kappa shape index (κ2) is 6.88. The van der Waals surface area contributed by atoms with Gasteiger partial charge < -0.3 is 15.3 Å². The Morgan fingerprint density at radius 3 is 2.57 bits per heavy atom. The van der Waals surface area contributed by atoms with Crippen molar-refractivity contribution in [3.05, 3.63) is 0 Å². The molecule has 1 unspecified atom stereocenters. The quantitative estimate of drug-likeness (QED) is 0.832. The van der Waals surface area contributed by atoms with Gasteiger partial charge in [-0.25, -0.2) is 0 Å². The fraction of sp³-hybridized carbons (Fsp3) is 0.938. The first-order valence-electron chi connectivity index (χ1n) is 8.09. The Kier molecular flexibility index (Phi) is 5.60. The number of amides is 1. The van der Waals surface area contributed by atoms with Crippen LogP contribution in [0.2, 0.25) is 0 Å². The standard InChI is InChI=1S/C16H30N2O2S/c1-15(2,3)10-14(19)18-7-4-13(5-8-18)17-11-16(20)6-9-21-12-16/h13,17,20H,4-12H2,1-3H3. The smallest absolute Gasteiger partial charge is 0.223 e. The number of nitrogens with one attached hydrogen (secondary N) is 1. The second-order valence-electron chi connectivity index (χ2n) is 7.80. The van der Waals surface area contributed by atoms with Crippen molar-refractivity contribution in [2.24, 2.45) is 5.41 Å². The Balaban J connectivity index is 1.69. The summed E-state index contributed by atoms with van der Waals surface area (Å²) in [4.78, 5) is 14.2. The third kappa shape index (κ3) is 5.46. The maximum Gasteiger partial charge on any atom is 0.223 e. The first kappa shape index (κ1) is 17.1. The third-order valence-corrected chi connectivity index (χ3v) is 5.57.